The molecule has 2 aliphatic rings. The van der Waals surface area contributed by atoms with E-state index in [2.05, 4.69) is 14.9 Å². The van der Waals surface area contributed by atoms with E-state index in [4.69, 9.17) is 4.74 Å². The van der Waals surface area contributed by atoms with Crippen LogP contribution in [0.15, 0.2) is 6.07 Å². The Kier molecular flexibility index (Phi) is 3.33. The number of hydrogen-bond donors (Lipinski definition) is 1. The average Bonchev–Trinajstić information content (AvgIpc) is 2.69. The molecule has 1 aromatic rings. The lowest BCUT2D eigenvalue weighted by Crippen LogP contribution is -2.45. The highest BCUT2D eigenvalue weighted by atomic mass is 16.5. The van der Waals surface area contributed by atoms with Crippen molar-refractivity contribution in [3.8, 4) is 0 Å². The summed E-state index contributed by atoms with van der Waals surface area (Å²) in [7, 11) is 1.33. The van der Waals surface area contributed by atoms with E-state index in [-0.39, 0.29) is 11.9 Å². The zero-order valence-electron chi connectivity index (χ0n) is 11.7. The highest BCUT2D eigenvalue weighted by Gasteiger charge is 2.41. The second-order valence-corrected chi connectivity index (χ2v) is 5.60. The van der Waals surface area contributed by atoms with Crippen molar-refractivity contribution >= 4 is 11.8 Å². The van der Waals surface area contributed by atoms with E-state index in [9.17, 15) is 9.90 Å². The van der Waals surface area contributed by atoms with Crippen LogP contribution in [0, 0.1) is 6.92 Å². The number of piperidine rings is 1. The van der Waals surface area contributed by atoms with Gasteiger partial charge in [-0.15, -0.1) is 0 Å². The van der Waals surface area contributed by atoms with Crippen molar-refractivity contribution < 1.29 is 14.6 Å². The first-order valence-corrected chi connectivity index (χ1v) is 6.99. The molecule has 3 heterocycles. The van der Waals surface area contributed by atoms with Crippen molar-refractivity contribution in [2.75, 3.05) is 12.0 Å². The molecule has 0 spiro atoms. The zero-order chi connectivity index (χ0) is 14.3. The van der Waals surface area contributed by atoms with Gasteiger partial charge in [-0.1, -0.05) is 0 Å². The molecular formula is C14H19N3O3. The number of esters is 1. The highest BCUT2D eigenvalue weighted by Crippen LogP contribution is 2.38. The molecule has 2 saturated heterocycles. The number of aryl methyl sites for hydroxylation is 1. The van der Waals surface area contributed by atoms with E-state index in [0.717, 1.165) is 37.2 Å². The third kappa shape index (κ3) is 2.24. The molecule has 108 valence electrons. The minimum absolute atomic E-state index is 0.105. The molecule has 0 aliphatic carbocycles. The first-order chi connectivity index (χ1) is 9.58. The first-order valence-electron chi connectivity index (χ1n) is 6.99. The molecule has 2 aliphatic heterocycles. The topological polar surface area (TPSA) is 75.5 Å². The number of rotatable bonds is 2. The van der Waals surface area contributed by atoms with Crippen LogP contribution in [0.5, 0.6) is 0 Å². The van der Waals surface area contributed by atoms with Gasteiger partial charge in [0.15, 0.2) is 0 Å². The molecule has 2 fully saturated rings. The number of aromatic nitrogens is 2. The number of anilines is 1. The minimum atomic E-state index is -0.514. The second kappa shape index (κ2) is 5.01. The van der Waals surface area contributed by atoms with Gasteiger partial charge >= 0.3 is 5.97 Å². The predicted octanol–water partition coefficient (Wildman–Crippen LogP) is 1.06. The van der Waals surface area contributed by atoms with Gasteiger partial charge in [0.25, 0.3) is 0 Å². The molecule has 1 aromatic heterocycles. The lowest BCUT2D eigenvalue weighted by Gasteiger charge is -2.38. The third-order valence-corrected chi connectivity index (χ3v) is 4.18. The van der Waals surface area contributed by atoms with Gasteiger partial charge in [0, 0.05) is 23.8 Å². The third-order valence-electron chi connectivity index (χ3n) is 4.18. The molecule has 20 heavy (non-hydrogen) atoms. The van der Waals surface area contributed by atoms with Gasteiger partial charge in [-0.25, -0.2) is 14.8 Å². The molecule has 6 heteroatoms. The maximum atomic E-state index is 11.6. The Bertz CT molecular complexity index is 520. The van der Waals surface area contributed by atoms with Gasteiger partial charge in [0.05, 0.1) is 13.2 Å². The lowest BCUT2D eigenvalue weighted by molar-refractivity contribution is 0.0586. The van der Waals surface area contributed by atoms with Crippen LogP contribution < -0.4 is 4.90 Å². The number of fused-ring (bicyclic) bond motifs is 2. The smallest absolute Gasteiger partial charge is 0.376 e. The summed E-state index contributed by atoms with van der Waals surface area (Å²) in [5.74, 6) is 0.365. The maximum Gasteiger partial charge on any atom is 0.376 e. The molecule has 6 nitrogen and oxygen atoms in total. The van der Waals surface area contributed by atoms with Gasteiger partial charge in [-0.2, -0.15) is 0 Å². The van der Waals surface area contributed by atoms with Gasteiger partial charge in [-0.05, 0) is 32.6 Å². The SMILES string of the molecule is COC(=O)c1nc(C)cc(N2C3CCC2CC(O)C3)n1. The summed E-state index contributed by atoms with van der Waals surface area (Å²) in [6.07, 6.45) is 3.46. The molecule has 2 unspecified atom stereocenters. The molecule has 0 amide bonds. The molecule has 2 bridgehead atoms. The Hall–Kier alpha value is -1.69. The van der Waals surface area contributed by atoms with Gasteiger partial charge in [-0.3, -0.25) is 0 Å². The van der Waals surface area contributed by atoms with Gasteiger partial charge < -0.3 is 14.7 Å². The van der Waals surface area contributed by atoms with E-state index >= 15 is 0 Å². The fourth-order valence-electron chi connectivity index (χ4n) is 3.39. The van der Waals surface area contributed by atoms with E-state index in [1.807, 2.05) is 13.0 Å². The quantitative estimate of drug-likeness (QED) is 0.815. The fourth-order valence-corrected chi connectivity index (χ4v) is 3.39. The Labute approximate surface area is 117 Å². The Balaban J connectivity index is 1.94. The van der Waals surface area contributed by atoms with E-state index in [1.54, 1.807) is 0 Å². The number of methoxy groups -OCH3 is 1. The van der Waals surface area contributed by atoms with Crippen molar-refractivity contribution in [3.05, 3.63) is 17.6 Å². The van der Waals surface area contributed by atoms with Crippen molar-refractivity contribution in [1.82, 2.24) is 9.97 Å². The molecule has 2 atom stereocenters. The minimum Gasteiger partial charge on any atom is -0.463 e. The highest BCUT2D eigenvalue weighted by molar-refractivity contribution is 5.85. The summed E-state index contributed by atoms with van der Waals surface area (Å²) < 4.78 is 4.70. The largest absolute Gasteiger partial charge is 0.463 e. The van der Waals surface area contributed by atoms with Crippen LogP contribution in [-0.2, 0) is 4.74 Å². The van der Waals surface area contributed by atoms with Crippen molar-refractivity contribution in [2.45, 2.75) is 50.8 Å². The first kappa shape index (κ1) is 13.3. The summed E-state index contributed by atoms with van der Waals surface area (Å²) >= 11 is 0. The van der Waals surface area contributed by atoms with Crippen LogP contribution >= 0.6 is 0 Å². The van der Waals surface area contributed by atoms with Crippen LogP contribution in [0.3, 0.4) is 0 Å². The molecular weight excluding hydrogens is 258 g/mol. The maximum absolute atomic E-state index is 11.6. The monoisotopic (exact) mass is 277 g/mol. The van der Waals surface area contributed by atoms with Crippen molar-refractivity contribution in [3.63, 3.8) is 0 Å². The average molecular weight is 277 g/mol. The molecule has 1 N–H and O–H groups in total. The van der Waals surface area contributed by atoms with Crippen LogP contribution in [0.1, 0.15) is 42.0 Å². The zero-order valence-corrected chi connectivity index (χ0v) is 11.7. The number of aliphatic hydroxyl groups excluding tert-OH is 1. The predicted molar refractivity (Wildman–Crippen MR) is 72.6 cm³/mol. The summed E-state index contributed by atoms with van der Waals surface area (Å²) in [5.41, 5.74) is 0.751. The Morgan fingerprint density at radius 2 is 2.00 bits per heavy atom. The normalized spacial score (nSPS) is 28.6. The Morgan fingerprint density at radius 1 is 1.35 bits per heavy atom. The van der Waals surface area contributed by atoms with E-state index in [0.29, 0.717) is 12.1 Å². The summed E-state index contributed by atoms with van der Waals surface area (Å²) in [6.45, 7) is 1.85. The fraction of sp³-hybridized carbons (Fsp3) is 0.643. The van der Waals surface area contributed by atoms with E-state index < -0.39 is 5.97 Å². The standard InChI is InChI=1S/C14H19N3O3/c1-8-5-12(16-13(15-8)14(19)20-2)17-9-3-4-10(17)7-11(18)6-9/h5,9-11,18H,3-4,6-7H2,1-2H3. The van der Waals surface area contributed by atoms with Crippen LogP contribution in [0.25, 0.3) is 0 Å². The lowest BCUT2D eigenvalue weighted by atomic mass is 10.00. The second-order valence-electron chi connectivity index (χ2n) is 5.60. The summed E-state index contributed by atoms with van der Waals surface area (Å²) in [5, 5.41) is 9.86. The molecule has 0 radical (unpaired) electrons. The number of carbonyl (C=O) groups is 1. The molecule has 0 aromatic carbocycles. The van der Waals surface area contributed by atoms with Crippen LogP contribution in [0.4, 0.5) is 5.82 Å². The Morgan fingerprint density at radius 3 is 2.60 bits per heavy atom. The van der Waals surface area contributed by atoms with Crippen LogP contribution in [0.2, 0.25) is 0 Å². The van der Waals surface area contributed by atoms with Gasteiger partial charge in [0.1, 0.15) is 5.82 Å². The number of nitrogens with zero attached hydrogens (tertiary/aromatic N) is 3. The summed E-state index contributed by atoms with van der Waals surface area (Å²) in [6, 6.07) is 2.52. The van der Waals surface area contributed by atoms with E-state index in [1.165, 1.54) is 7.11 Å². The van der Waals surface area contributed by atoms with Crippen molar-refractivity contribution in [2.24, 2.45) is 0 Å². The van der Waals surface area contributed by atoms with Crippen LogP contribution in [-0.4, -0.2) is 46.3 Å². The van der Waals surface area contributed by atoms with Gasteiger partial charge in [0.2, 0.25) is 5.82 Å². The number of aliphatic hydroxyl groups is 1. The summed E-state index contributed by atoms with van der Waals surface area (Å²) in [4.78, 5) is 22.3. The molecule has 0 saturated carbocycles. The number of carbonyl (C=O) groups excluding carboxylic acids is 1. The molecule has 3 rings (SSSR count). The number of hydrogen-bond acceptors (Lipinski definition) is 6. The van der Waals surface area contributed by atoms with Crippen molar-refractivity contribution in [1.29, 1.82) is 0 Å². The number of ether oxygens (including phenoxy) is 1.